The van der Waals surface area contributed by atoms with E-state index < -0.39 is 12.4 Å². The smallest absolute Gasteiger partial charge is 0.407 e. The molecular weight excluding hydrogens is 627 g/mol. The van der Waals surface area contributed by atoms with Crippen molar-refractivity contribution in [2.45, 2.75) is 43.7 Å². The first-order valence-electron chi connectivity index (χ1n) is 15.7. The molecule has 11 heteroatoms. The molecule has 5 aromatic rings. The summed E-state index contributed by atoms with van der Waals surface area (Å²) in [5, 5.41) is 25.4. The number of ether oxygens (including phenoxy) is 3. The largest absolute Gasteiger partial charge is 0.445 e. The number of aliphatic hydroxyl groups is 1. The molecule has 1 aromatic heterocycles. The van der Waals surface area contributed by atoms with Gasteiger partial charge >= 0.3 is 6.09 Å². The zero-order chi connectivity index (χ0) is 33.3. The molecule has 4 aromatic carbocycles. The number of tetrazole rings is 1. The van der Waals surface area contributed by atoms with Gasteiger partial charge in [-0.15, -0.1) is 5.10 Å². The summed E-state index contributed by atoms with van der Waals surface area (Å²) in [7, 11) is 0. The monoisotopic (exact) mass is 663 g/mol. The number of hydrogen-bond acceptors (Lipinski definition) is 9. The minimum atomic E-state index is -0.606. The molecule has 2 heterocycles. The average Bonchev–Trinajstić information content (AvgIpc) is 3.62. The molecule has 48 heavy (non-hydrogen) atoms. The van der Waals surface area contributed by atoms with Crippen LogP contribution in [0.4, 0.5) is 4.79 Å². The Morgan fingerprint density at radius 1 is 0.958 bits per heavy atom. The Labute approximate surface area is 283 Å². The van der Waals surface area contributed by atoms with E-state index in [0.29, 0.717) is 17.5 Å². The number of carbonyl (C=O) groups is 1. The fourth-order valence-electron chi connectivity index (χ4n) is 5.52. The molecule has 246 valence electrons. The third-order valence-electron chi connectivity index (χ3n) is 8.15. The van der Waals surface area contributed by atoms with E-state index in [-0.39, 0.29) is 31.3 Å². The molecule has 4 atom stereocenters. The second-order valence-corrected chi connectivity index (χ2v) is 12.4. The summed E-state index contributed by atoms with van der Waals surface area (Å²) in [5.74, 6) is 0.624. The number of nitrogens with zero attached hydrogens (tertiary/aromatic N) is 4. The van der Waals surface area contributed by atoms with E-state index in [2.05, 4.69) is 34.3 Å². The highest BCUT2D eigenvalue weighted by molar-refractivity contribution is 7.99. The summed E-state index contributed by atoms with van der Waals surface area (Å²) in [5.41, 5.74) is 6.65. The lowest BCUT2D eigenvalue weighted by Gasteiger charge is -2.41. The molecule has 1 amide bonds. The molecule has 0 saturated carbocycles. The number of carbonyl (C=O) groups excluding carboxylic acids is 1. The zero-order valence-corrected chi connectivity index (χ0v) is 27.3. The third kappa shape index (κ3) is 8.00. The van der Waals surface area contributed by atoms with Crippen LogP contribution in [0.25, 0.3) is 16.8 Å². The second-order valence-electron chi connectivity index (χ2n) is 11.4. The molecule has 1 saturated heterocycles. The minimum absolute atomic E-state index is 0.0134. The number of hydrogen-bond donors (Lipinski definition) is 2. The van der Waals surface area contributed by atoms with E-state index in [1.165, 1.54) is 6.08 Å². The van der Waals surface area contributed by atoms with Crippen molar-refractivity contribution in [3.63, 3.8) is 0 Å². The number of thioether (sulfide) groups is 1. The highest BCUT2D eigenvalue weighted by Crippen LogP contribution is 2.43. The molecule has 0 radical (unpaired) electrons. The lowest BCUT2D eigenvalue weighted by molar-refractivity contribution is -0.268. The van der Waals surface area contributed by atoms with Crippen LogP contribution >= 0.6 is 11.8 Å². The highest BCUT2D eigenvalue weighted by Gasteiger charge is 2.38. The Bertz CT molecular complexity index is 1800. The van der Waals surface area contributed by atoms with Gasteiger partial charge < -0.3 is 24.6 Å². The second kappa shape index (κ2) is 15.9. The highest BCUT2D eigenvalue weighted by atomic mass is 32.2. The van der Waals surface area contributed by atoms with E-state index in [1.54, 1.807) is 16.4 Å². The fraction of sp³-hybridized carbons (Fsp3) is 0.243. The topological polar surface area (TPSA) is 121 Å². The van der Waals surface area contributed by atoms with Gasteiger partial charge in [-0.1, -0.05) is 116 Å². The molecular formula is C37H37N5O5S. The lowest BCUT2D eigenvalue weighted by Crippen LogP contribution is -2.38. The number of aliphatic hydroxyl groups excluding tert-OH is 1. The van der Waals surface area contributed by atoms with Crippen LogP contribution in [0.5, 0.6) is 0 Å². The van der Waals surface area contributed by atoms with Crippen LogP contribution in [0, 0.1) is 5.92 Å². The van der Waals surface area contributed by atoms with Crippen molar-refractivity contribution in [2.75, 3.05) is 12.4 Å². The average molecular weight is 664 g/mol. The minimum Gasteiger partial charge on any atom is -0.445 e. The molecule has 0 bridgehead atoms. The van der Waals surface area contributed by atoms with Gasteiger partial charge in [-0.2, -0.15) is 4.68 Å². The normalized spacial score (nSPS) is 19.0. The van der Waals surface area contributed by atoms with Gasteiger partial charge in [0.15, 0.2) is 6.29 Å². The van der Waals surface area contributed by atoms with Crippen LogP contribution in [-0.2, 0) is 27.4 Å². The van der Waals surface area contributed by atoms with Gasteiger partial charge in [0.05, 0.1) is 24.5 Å². The number of aromatic nitrogens is 4. The predicted molar refractivity (Wildman–Crippen MR) is 183 cm³/mol. The number of rotatable bonds is 12. The molecule has 6 rings (SSSR count). The van der Waals surface area contributed by atoms with Gasteiger partial charge in [0.2, 0.25) is 5.16 Å². The van der Waals surface area contributed by atoms with Crippen molar-refractivity contribution in [3.8, 4) is 16.8 Å². The van der Waals surface area contributed by atoms with Crippen molar-refractivity contribution in [1.82, 2.24) is 25.5 Å². The molecule has 1 aliphatic rings. The van der Waals surface area contributed by atoms with Gasteiger partial charge in [0, 0.05) is 23.8 Å². The Kier molecular flexibility index (Phi) is 10.9. The third-order valence-corrected chi connectivity index (χ3v) is 9.16. The number of alkyl carbamates (subject to hydrolysis) is 1. The zero-order valence-electron chi connectivity index (χ0n) is 26.5. The molecule has 0 aliphatic carbocycles. The summed E-state index contributed by atoms with van der Waals surface area (Å²) in [4.78, 5) is 11.9. The maximum atomic E-state index is 11.9. The molecule has 1 aliphatic heterocycles. The van der Waals surface area contributed by atoms with Crippen molar-refractivity contribution in [3.05, 3.63) is 138 Å². The summed E-state index contributed by atoms with van der Waals surface area (Å²) < 4.78 is 20.0. The van der Waals surface area contributed by atoms with Crippen molar-refractivity contribution < 1.29 is 24.1 Å². The summed E-state index contributed by atoms with van der Waals surface area (Å²) in [6, 6.07) is 33.8. The number of para-hydroxylation sites is 1. The van der Waals surface area contributed by atoms with Gasteiger partial charge in [-0.25, -0.2) is 4.79 Å². The summed E-state index contributed by atoms with van der Waals surface area (Å²) >= 11 is 1.54. The maximum absolute atomic E-state index is 11.9. The number of benzene rings is 4. The Balaban J connectivity index is 1.20. The Hall–Kier alpha value is -4.81. The van der Waals surface area contributed by atoms with Gasteiger partial charge in [-0.3, -0.25) is 0 Å². The van der Waals surface area contributed by atoms with E-state index >= 15 is 0 Å². The van der Waals surface area contributed by atoms with Crippen LogP contribution < -0.4 is 5.32 Å². The van der Waals surface area contributed by atoms with Crippen LogP contribution in [0.1, 0.15) is 41.6 Å². The Morgan fingerprint density at radius 3 is 2.48 bits per heavy atom. The molecule has 1 fully saturated rings. The number of nitrogens with one attached hydrogen (secondary N) is 1. The van der Waals surface area contributed by atoms with E-state index in [9.17, 15) is 9.90 Å². The fourth-order valence-corrected chi connectivity index (χ4v) is 6.57. The maximum Gasteiger partial charge on any atom is 0.407 e. The van der Waals surface area contributed by atoms with Crippen LogP contribution in [0.15, 0.2) is 121 Å². The molecule has 0 spiro atoms. The predicted octanol–water partition coefficient (Wildman–Crippen LogP) is 6.82. The van der Waals surface area contributed by atoms with Crippen molar-refractivity contribution >= 4 is 17.9 Å². The SMILES string of the molecule is C=CCOC(=O)NCc1cccc(-c2ccc([C@H]3O[C@@H](CSc4nnnn4-c4ccccc4)[C@@H](C)[C@@H](c4ccc(CO)cc4)O3)cc2)c1. The number of amides is 1. The lowest BCUT2D eigenvalue weighted by atomic mass is 9.91. The van der Waals surface area contributed by atoms with Crippen LogP contribution in [-0.4, -0.2) is 49.9 Å². The summed E-state index contributed by atoms with van der Waals surface area (Å²) in [6.45, 7) is 6.19. The van der Waals surface area contributed by atoms with E-state index in [1.807, 2.05) is 103 Å². The molecule has 2 N–H and O–H groups in total. The Morgan fingerprint density at radius 2 is 1.73 bits per heavy atom. The van der Waals surface area contributed by atoms with Gasteiger partial charge in [0.25, 0.3) is 0 Å². The van der Waals surface area contributed by atoms with E-state index in [0.717, 1.165) is 39.1 Å². The van der Waals surface area contributed by atoms with Crippen LogP contribution in [0.2, 0.25) is 0 Å². The van der Waals surface area contributed by atoms with Crippen molar-refractivity contribution in [1.29, 1.82) is 0 Å². The quantitative estimate of drug-likeness (QED) is 0.109. The first kappa shape index (κ1) is 33.1. The molecule has 0 unspecified atom stereocenters. The molecule has 10 nitrogen and oxygen atoms in total. The van der Waals surface area contributed by atoms with Crippen molar-refractivity contribution in [2.24, 2.45) is 5.92 Å². The first-order valence-corrected chi connectivity index (χ1v) is 16.7. The van der Waals surface area contributed by atoms with Gasteiger partial charge in [0.1, 0.15) is 6.61 Å². The van der Waals surface area contributed by atoms with Gasteiger partial charge in [-0.05, 0) is 56.4 Å². The summed E-state index contributed by atoms with van der Waals surface area (Å²) in [6.07, 6.45) is 0.0144. The van der Waals surface area contributed by atoms with E-state index in [4.69, 9.17) is 14.2 Å². The van der Waals surface area contributed by atoms with Crippen LogP contribution in [0.3, 0.4) is 0 Å². The standard InChI is InChI=1S/C37H37N5O5S/c1-3-20-45-37(44)38-22-27-8-7-9-31(21-27)28-16-18-30(19-17-28)35-46-33(25(2)34(47-35)29-14-12-26(23-43)13-15-29)24-48-36-39-40-41-42(36)32-10-5-4-6-11-32/h3-19,21,25,33-35,43H,1,20,22-24H2,2H3,(H,38,44)/t25-,33+,34+,35+/m1/s1. The first-order chi connectivity index (χ1) is 23.5.